The number of aromatic nitrogens is 1. The van der Waals surface area contributed by atoms with Gasteiger partial charge in [0, 0.05) is 36.2 Å². The van der Waals surface area contributed by atoms with Gasteiger partial charge in [-0.2, -0.15) is 0 Å². The number of methoxy groups -OCH3 is 1. The summed E-state index contributed by atoms with van der Waals surface area (Å²) in [4.78, 5) is 17.7. The van der Waals surface area contributed by atoms with Gasteiger partial charge in [0.15, 0.2) is 0 Å². The van der Waals surface area contributed by atoms with Crippen LogP contribution in [0.1, 0.15) is 22.3 Å². The number of carbonyl (C=O) groups excluding carboxylic acids is 1. The summed E-state index contributed by atoms with van der Waals surface area (Å²) in [7, 11) is 1.64. The molecule has 0 saturated carbocycles. The number of amides is 1. The lowest BCUT2D eigenvalue weighted by Crippen LogP contribution is -2.26. The minimum absolute atomic E-state index is 0.131. The molecule has 27 heavy (non-hydrogen) atoms. The Morgan fingerprint density at radius 3 is 2.70 bits per heavy atom. The fourth-order valence-corrected chi connectivity index (χ4v) is 3.55. The third-order valence-electron chi connectivity index (χ3n) is 4.36. The summed E-state index contributed by atoms with van der Waals surface area (Å²) in [6.07, 6.45) is 0.750. The van der Waals surface area contributed by atoms with Gasteiger partial charge in [0.2, 0.25) is 0 Å². The number of halogens is 2. The maximum absolute atomic E-state index is 12.9. The van der Waals surface area contributed by atoms with Gasteiger partial charge < -0.3 is 10.1 Å². The molecule has 0 spiro atoms. The molecule has 4 nitrogen and oxygen atoms in total. The maximum atomic E-state index is 12.9. The summed E-state index contributed by atoms with van der Waals surface area (Å²) in [5.41, 5.74) is 3.56. The zero-order chi connectivity index (χ0) is 19.4. The Kier molecular flexibility index (Phi) is 6.32. The number of carbonyl (C=O) groups is 1. The van der Waals surface area contributed by atoms with Crippen LogP contribution in [0, 0.1) is 6.92 Å². The van der Waals surface area contributed by atoms with Gasteiger partial charge in [0.05, 0.1) is 21.8 Å². The number of ether oxygens (including phenoxy) is 1. The van der Waals surface area contributed by atoms with Crippen molar-refractivity contribution in [2.45, 2.75) is 13.3 Å². The second kappa shape index (κ2) is 8.70. The zero-order valence-corrected chi connectivity index (χ0v) is 16.7. The number of fused-ring (bicyclic) bond motifs is 1. The predicted molar refractivity (Wildman–Crippen MR) is 111 cm³/mol. The van der Waals surface area contributed by atoms with Crippen LogP contribution in [0.25, 0.3) is 22.2 Å². The van der Waals surface area contributed by atoms with E-state index >= 15 is 0 Å². The number of benzene rings is 2. The molecular weight excluding hydrogens is 383 g/mol. The molecule has 2 aromatic carbocycles. The van der Waals surface area contributed by atoms with Crippen molar-refractivity contribution in [1.82, 2.24) is 10.3 Å². The second-order valence-electron chi connectivity index (χ2n) is 6.20. The minimum Gasteiger partial charge on any atom is -0.385 e. The molecule has 0 bridgehead atoms. The molecule has 1 N–H and O–H groups in total. The van der Waals surface area contributed by atoms with E-state index in [2.05, 4.69) is 5.32 Å². The molecule has 140 valence electrons. The third kappa shape index (κ3) is 4.24. The SMILES string of the molecule is COCCCNC(=O)c1c(C)c(-c2ccc(Cl)cc2Cl)nc2ccccc12. The Bertz CT molecular complexity index is 989. The fraction of sp³-hybridized carbons (Fsp3) is 0.238. The van der Waals surface area contributed by atoms with Gasteiger partial charge in [-0.3, -0.25) is 4.79 Å². The largest absolute Gasteiger partial charge is 0.385 e. The van der Waals surface area contributed by atoms with Crippen molar-refractivity contribution in [3.05, 3.63) is 63.6 Å². The minimum atomic E-state index is -0.131. The highest BCUT2D eigenvalue weighted by Crippen LogP contribution is 2.34. The molecule has 0 radical (unpaired) electrons. The van der Waals surface area contributed by atoms with Crippen LogP contribution in [0.3, 0.4) is 0 Å². The first-order valence-corrected chi connectivity index (χ1v) is 9.40. The first-order valence-electron chi connectivity index (χ1n) is 8.65. The molecule has 1 heterocycles. The Morgan fingerprint density at radius 1 is 1.19 bits per heavy atom. The van der Waals surface area contributed by atoms with Crippen LogP contribution in [-0.2, 0) is 4.74 Å². The van der Waals surface area contributed by atoms with E-state index in [1.807, 2.05) is 37.3 Å². The first-order chi connectivity index (χ1) is 13.0. The van der Waals surface area contributed by atoms with Gasteiger partial charge in [-0.25, -0.2) is 4.98 Å². The number of nitrogens with zero attached hydrogens (tertiary/aromatic N) is 1. The average molecular weight is 403 g/mol. The number of hydrogen-bond acceptors (Lipinski definition) is 3. The lowest BCUT2D eigenvalue weighted by molar-refractivity contribution is 0.0949. The summed E-state index contributed by atoms with van der Waals surface area (Å²) in [6.45, 7) is 3.03. The molecule has 6 heteroatoms. The van der Waals surface area contributed by atoms with E-state index in [0.717, 1.165) is 28.5 Å². The first kappa shape index (κ1) is 19.6. The Labute approximate surface area is 168 Å². The highest BCUT2D eigenvalue weighted by atomic mass is 35.5. The zero-order valence-electron chi connectivity index (χ0n) is 15.2. The average Bonchev–Trinajstić information content (AvgIpc) is 2.65. The molecule has 1 amide bonds. The molecule has 3 aromatic rings. The number of rotatable bonds is 6. The lowest BCUT2D eigenvalue weighted by atomic mass is 9.97. The Hall–Kier alpha value is -2.14. The van der Waals surface area contributed by atoms with Crippen molar-refractivity contribution in [1.29, 1.82) is 0 Å². The van der Waals surface area contributed by atoms with Crippen molar-refractivity contribution in [3.8, 4) is 11.3 Å². The Balaban J connectivity index is 2.11. The second-order valence-corrected chi connectivity index (χ2v) is 7.05. The number of para-hydroxylation sites is 1. The molecule has 0 saturated heterocycles. The van der Waals surface area contributed by atoms with Crippen molar-refractivity contribution < 1.29 is 9.53 Å². The van der Waals surface area contributed by atoms with E-state index in [0.29, 0.717) is 34.5 Å². The highest BCUT2D eigenvalue weighted by Gasteiger charge is 2.19. The maximum Gasteiger partial charge on any atom is 0.252 e. The van der Waals surface area contributed by atoms with E-state index in [1.165, 1.54) is 0 Å². The van der Waals surface area contributed by atoms with E-state index in [1.54, 1.807) is 19.2 Å². The van der Waals surface area contributed by atoms with Gasteiger partial charge in [0.25, 0.3) is 5.91 Å². The smallest absolute Gasteiger partial charge is 0.252 e. The van der Waals surface area contributed by atoms with Crippen LogP contribution in [0.15, 0.2) is 42.5 Å². The van der Waals surface area contributed by atoms with Gasteiger partial charge in [0.1, 0.15) is 0 Å². The van der Waals surface area contributed by atoms with E-state index in [9.17, 15) is 4.79 Å². The summed E-state index contributed by atoms with van der Waals surface area (Å²) in [5, 5.41) is 4.84. The van der Waals surface area contributed by atoms with Crippen molar-refractivity contribution in [2.75, 3.05) is 20.3 Å². The molecule has 3 rings (SSSR count). The number of nitrogens with one attached hydrogen (secondary N) is 1. The molecule has 0 aliphatic heterocycles. The van der Waals surface area contributed by atoms with Crippen LogP contribution < -0.4 is 5.32 Å². The third-order valence-corrected chi connectivity index (χ3v) is 4.91. The predicted octanol–water partition coefficient (Wildman–Crippen LogP) is 5.28. The standard InChI is InChI=1S/C21H20Cl2N2O2/c1-13-19(21(26)24-10-5-11-27-2)16-6-3-4-7-18(16)25-20(13)15-9-8-14(22)12-17(15)23/h3-4,6-9,12H,5,10-11H2,1-2H3,(H,24,26). The monoisotopic (exact) mass is 402 g/mol. The quantitative estimate of drug-likeness (QED) is 0.570. The van der Waals surface area contributed by atoms with Crippen molar-refractivity contribution in [3.63, 3.8) is 0 Å². The van der Waals surface area contributed by atoms with E-state index < -0.39 is 0 Å². The highest BCUT2D eigenvalue weighted by molar-refractivity contribution is 6.36. The molecule has 1 aromatic heterocycles. The fourth-order valence-electron chi connectivity index (χ4n) is 3.05. The van der Waals surface area contributed by atoms with Crippen LogP contribution in [0.5, 0.6) is 0 Å². The van der Waals surface area contributed by atoms with Crippen LogP contribution in [0.4, 0.5) is 0 Å². The van der Waals surface area contributed by atoms with Gasteiger partial charge >= 0.3 is 0 Å². The van der Waals surface area contributed by atoms with Crippen molar-refractivity contribution in [2.24, 2.45) is 0 Å². The van der Waals surface area contributed by atoms with E-state index in [4.69, 9.17) is 32.9 Å². The van der Waals surface area contributed by atoms with Crippen LogP contribution in [-0.4, -0.2) is 31.2 Å². The number of pyridine rings is 1. The van der Waals surface area contributed by atoms with Crippen LogP contribution >= 0.6 is 23.2 Å². The topological polar surface area (TPSA) is 51.2 Å². The molecule has 0 unspecified atom stereocenters. The van der Waals surface area contributed by atoms with Gasteiger partial charge in [-0.1, -0.05) is 41.4 Å². The molecule has 0 aliphatic rings. The summed E-state index contributed by atoms with van der Waals surface area (Å²) in [5.74, 6) is -0.131. The van der Waals surface area contributed by atoms with Crippen molar-refractivity contribution >= 4 is 40.0 Å². The van der Waals surface area contributed by atoms with Gasteiger partial charge in [-0.05, 0) is 43.2 Å². The van der Waals surface area contributed by atoms with Crippen LogP contribution in [0.2, 0.25) is 10.0 Å². The summed E-state index contributed by atoms with van der Waals surface area (Å²) in [6, 6.07) is 12.9. The normalized spacial score (nSPS) is 11.0. The van der Waals surface area contributed by atoms with E-state index in [-0.39, 0.29) is 5.91 Å². The summed E-state index contributed by atoms with van der Waals surface area (Å²) < 4.78 is 5.04. The summed E-state index contributed by atoms with van der Waals surface area (Å²) >= 11 is 12.4. The number of hydrogen-bond donors (Lipinski definition) is 1. The lowest BCUT2D eigenvalue weighted by Gasteiger charge is -2.15. The molecule has 0 atom stereocenters. The molecular formula is C21H20Cl2N2O2. The molecule has 0 fully saturated rings. The van der Waals surface area contributed by atoms with Gasteiger partial charge in [-0.15, -0.1) is 0 Å². The molecule has 0 aliphatic carbocycles. The Morgan fingerprint density at radius 2 is 1.96 bits per heavy atom.